The average molecular weight is 575 g/mol. The molecule has 4 rings (SSSR count). The van der Waals surface area contributed by atoms with Crippen molar-refractivity contribution in [3.05, 3.63) is 102 Å². The van der Waals surface area contributed by atoms with E-state index in [0.717, 1.165) is 5.56 Å². The average Bonchev–Trinajstić information content (AvgIpc) is 2.92. The van der Waals surface area contributed by atoms with Gasteiger partial charge in [-0.3, -0.25) is 19.7 Å². The van der Waals surface area contributed by atoms with Crippen molar-refractivity contribution in [1.29, 1.82) is 0 Å². The van der Waals surface area contributed by atoms with Crippen LogP contribution in [0.4, 0.5) is 4.79 Å². The minimum absolute atomic E-state index is 0. The Bertz CT molecular complexity index is 1490. The molecule has 3 N–H and O–H groups in total. The summed E-state index contributed by atoms with van der Waals surface area (Å²) in [6.45, 7) is -0.332. The first-order valence-electron chi connectivity index (χ1n) is 11.6. The standard InChI is InChI=1S/C26H24N4O8S.Na/c31-23(19-13-7-8-14-21(19)38-16-17-9-3-1-4-10-17)29-26(34)28-22(18-11-5-2-6-12-18)24(32)27-20-15-30(25(20)33)39(35,36)37;/h1-14,20,22H,15-16H2,(H,27,32)(H,35,36,37)(H2,28,29,31,34);/q;+1/p-1. The molecule has 2 atom stereocenters. The number of benzene rings is 3. The van der Waals surface area contributed by atoms with E-state index in [-0.39, 0.29) is 51.8 Å². The van der Waals surface area contributed by atoms with Crippen LogP contribution in [0.3, 0.4) is 0 Å². The van der Waals surface area contributed by atoms with Crippen LogP contribution in [0, 0.1) is 0 Å². The van der Waals surface area contributed by atoms with E-state index in [1.54, 1.807) is 36.4 Å². The molecule has 5 amide bonds. The van der Waals surface area contributed by atoms with Crippen LogP contribution in [-0.2, 0) is 26.5 Å². The predicted molar refractivity (Wildman–Crippen MR) is 136 cm³/mol. The molecule has 1 heterocycles. The van der Waals surface area contributed by atoms with Crippen molar-refractivity contribution in [2.75, 3.05) is 6.54 Å². The van der Waals surface area contributed by atoms with Gasteiger partial charge >= 0.3 is 35.6 Å². The topological polar surface area (TPSA) is 174 Å². The molecule has 0 spiro atoms. The van der Waals surface area contributed by atoms with Gasteiger partial charge in [0.15, 0.2) is 10.3 Å². The van der Waals surface area contributed by atoms with E-state index in [1.165, 1.54) is 18.2 Å². The Morgan fingerprint density at radius 1 is 0.950 bits per heavy atom. The van der Waals surface area contributed by atoms with Gasteiger partial charge < -0.3 is 19.9 Å². The van der Waals surface area contributed by atoms with Gasteiger partial charge in [-0.1, -0.05) is 72.8 Å². The van der Waals surface area contributed by atoms with Crippen molar-refractivity contribution in [2.24, 2.45) is 0 Å². The zero-order valence-corrected chi connectivity index (χ0v) is 24.1. The fourth-order valence-corrected chi connectivity index (χ4v) is 4.44. The summed E-state index contributed by atoms with van der Waals surface area (Å²) in [4.78, 5) is 50.6. The molecule has 14 heteroatoms. The number of urea groups is 1. The van der Waals surface area contributed by atoms with E-state index in [1.807, 2.05) is 30.3 Å². The molecule has 2 unspecified atom stereocenters. The number of nitrogens with one attached hydrogen (secondary N) is 3. The smallest absolute Gasteiger partial charge is 0.731 e. The van der Waals surface area contributed by atoms with Gasteiger partial charge in [0.1, 0.15) is 24.4 Å². The molecule has 0 aliphatic carbocycles. The Balaban J connectivity index is 0.00000441. The fraction of sp³-hybridized carbons (Fsp3) is 0.154. The molecule has 3 aromatic rings. The van der Waals surface area contributed by atoms with E-state index >= 15 is 0 Å². The van der Waals surface area contributed by atoms with Gasteiger partial charge in [-0.2, -0.15) is 0 Å². The molecule has 202 valence electrons. The first-order valence-corrected chi connectivity index (χ1v) is 13.0. The van der Waals surface area contributed by atoms with Gasteiger partial charge in [0.25, 0.3) is 11.8 Å². The Kier molecular flexibility index (Phi) is 10.4. The molecule has 40 heavy (non-hydrogen) atoms. The summed E-state index contributed by atoms with van der Waals surface area (Å²) in [5.74, 6) is -2.48. The molecular formula is C26H23N4NaO8S. The van der Waals surface area contributed by atoms with Crippen molar-refractivity contribution < 1.29 is 66.4 Å². The Morgan fingerprint density at radius 2 is 1.55 bits per heavy atom. The summed E-state index contributed by atoms with van der Waals surface area (Å²) >= 11 is 0. The maximum atomic E-state index is 13.0. The minimum Gasteiger partial charge on any atom is -0.731 e. The Labute approximate surface area is 252 Å². The van der Waals surface area contributed by atoms with Crippen LogP contribution in [0.2, 0.25) is 0 Å². The molecule has 0 bridgehead atoms. The molecule has 1 saturated heterocycles. The molecule has 1 fully saturated rings. The summed E-state index contributed by atoms with van der Waals surface area (Å²) in [7, 11) is -4.98. The number of para-hydroxylation sites is 1. The van der Waals surface area contributed by atoms with Gasteiger partial charge in [0, 0.05) is 0 Å². The minimum atomic E-state index is -4.98. The molecule has 0 aromatic heterocycles. The van der Waals surface area contributed by atoms with Crippen molar-refractivity contribution in [3.63, 3.8) is 0 Å². The zero-order chi connectivity index (χ0) is 28.0. The number of β-lactam (4-membered cyclic amide) rings is 1. The third kappa shape index (κ3) is 7.67. The summed E-state index contributed by atoms with van der Waals surface area (Å²) in [5, 5.41) is 6.87. The van der Waals surface area contributed by atoms with Crippen molar-refractivity contribution in [2.45, 2.75) is 18.7 Å². The number of carbonyl (C=O) groups excluding carboxylic acids is 4. The number of hydrogen-bond donors (Lipinski definition) is 3. The fourth-order valence-electron chi connectivity index (χ4n) is 3.76. The van der Waals surface area contributed by atoms with Crippen LogP contribution in [0.15, 0.2) is 84.9 Å². The van der Waals surface area contributed by atoms with Crippen LogP contribution in [0.1, 0.15) is 27.5 Å². The van der Waals surface area contributed by atoms with E-state index in [9.17, 15) is 32.1 Å². The maximum Gasteiger partial charge on any atom is 1.00 e. The number of hydrogen-bond acceptors (Lipinski definition) is 8. The van der Waals surface area contributed by atoms with Crippen LogP contribution < -0.4 is 50.2 Å². The monoisotopic (exact) mass is 574 g/mol. The van der Waals surface area contributed by atoms with Crippen LogP contribution in [0.25, 0.3) is 0 Å². The van der Waals surface area contributed by atoms with Crippen molar-refractivity contribution in [1.82, 2.24) is 20.3 Å². The summed E-state index contributed by atoms with van der Waals surface area (Å²) in [5.41, 5.74) is 1.29. The number of carbonyl (C=O) groups is 4. The van der Waals surface area contributed by atoms with E-state index in [4.69, 9.17) is 4.74 Å². The Morgan fingerprint density at radius 3 is 2.17 bits per heavy atom. The second kappa shape index (κ2) is 13.5. The van der Waals surface area contributed by atoms with Crippen LogP contribution in [-0.4, -0.2) is 53.6 Å². The molecule has 1 aliphatic heterocycles. The number of amides is 5. The quantitative estimate of drug-likeness (QED) is 0.153. The molecule has 3 aromatic carbocycles. The Hall–Kier alpha value is -3.75. The largest absolute Gasteiger partial charge is 1.00 e. The molecule has 1 aliphatic rings. The zero-order valence-electron chi connectivity index (χ0n) is 21.3. The first-order chi connectivity index (χ1) is 18.6. The molecule has 12 nitrogen and oxygen atoms in total. The predicted octanol–water partition coefficient (Wildman–Crippen LogP) is -1.76. The SMILES string of the molecule is O=C(NC(=O)c1ccccc1OCc1ccccc1)NC(C(=O)NC1CN(S(=O)(=O)[O-])C1=O)c1ccccc1.[Na+]. The van der Waals surface area contributed by atoms with Crippen molar-refractivity contribution in [3.8, 4) is 5.75 Å². The van der Waals surface area contributed by atoms with E-state index < -0.39 is 52.7 Å². The second-order valence-electron chi connectivity index (χ2n) is 8.43. The van der Waals surface area contributed by atoms with Gasteiger partial charge in [0.05, 0.1) is 12.1 Å². The van der Waals surface area contributed by atoms with E-state index in [0.29, 0.717) is 5.56 Å². The molecule has 0 saturated carbocycles. The normalized spacial score (nSPS) is 15.1. The van der Waals surface area contributed by atoms with Gasteiger partial charge in [-0.15, -0.1) is 0 Å². The third-order valence-electron chi connectivity index (χ3n) is 5.75. The maximum absolute atomic E-state index is 13.0. The van der Waals surface area contributed by atoms with Crippen LogP contribution in [0.5, 0.6) is 5.75 Å². The number of imide groups is 1. The summed E-state index contributed by atoms with van der Waals surface area (Å²) < 4.78 is 39.0. The van der Waals surface area contributed by atoms with Gasteiger partial charge in [0.2, 0.25) is 5.91 Å². The summed E-state index contributed by atoms with van der Waals surface area (Å²) in [6, 6.07) is 20.0. The van der Waals surface area contributed by atoms with E-state index in [2.05, 4.69) is 16.0 Å². The van der Waals surface area contributed by atoms with Crippen molar-refractivity contribution >= 4 is 34.1 Å². The summed E-state index contributed by atoms with van der Waals surface area (Å²) in [6.07, 6.45) is 0. The van der Waals surface area contributed by atoms with Gasteiger partial charge in [-0.25, -0.2) is 17.5 Å². The molecule has 0 radical (unpaired) electrons. The molecular weight excluding hydrogens is 551 g/mol. The number of ether oxygens (including phenoxy) is 1. The van der Waals surface area contributed by atoms with Gasteiger partial charge in [-0.05, 0) is 23.3 Å². The number of rotatable bonds is 9. The van der Waals surface area contributed by atoms with Crippen LogP contribution >= 0.6 is 0 Å². The first kappa shape index (κ1) is 30.8. The third-order valence-corrected chi connectivity index (χ3v) is 6.61. The second-order valence-corrected chi connectivity index (χ2v) is 9.73. The number of nitrogens with zero attached hydrogens (tertiary/aromatic N) is 1.